The van der Waals surface area contributed by atoms with Gasteiger partial charge in [-0.25, -0.2) is 0 Å². The van der Waals surface area contributed by atoms with Crippen LogP contribution in [0.2, 0.25) is 0 Å². The van der Waals surface area contributed by atoms with Crippen molar-refractivity contribution in [2.75, 3.05) is 5.88 Å². The van der Waals surface area contributed by atoms with Crippen molar-refractivity contribution in [2.45, 2.75) is 11.3 Å². The minimum atomic E-state index is 0.0268. The topological polar surface area (TPSA) is 17.1 Å². The molecule has 0 fully saturated rings. The second kappa shape index (κ2) is 5.22. The number of ketones is 1. The molecule has 0 saturated carbocycles. The van der Waals surface area contributed by atoms with Gasteiger partial charge in [0, 0.05) is 14.9 Å². The molecule has 4 heteroatoms. The average molecular weight is 327 g/mol. The summed E-state index contributed by atoms with van der Waals surface area (Å²) < 4.78 is 1.10. The second-order valence-electron chi connectivity index (χ2n) is 2.62. The van der Waals surface area contributed by atoms with Crippen LogP contribution in [0.25, 0.3) is 0 Å². The molecule has 0 aromatic heterocycles. The maximum atomic E-state index is 11.1. The van der Waals surface area contributed by atoms with E-state index in [0.29, 0.717) is 6.42 Å². The summed E-state index contributed by atoms with van der Waals surface area (Å²) in [5, 5.41) is 0. The van der Waals surface area contributed by atoms with Crippen molar-refractivity contribution in [1.29, 1.82) is 0 Å². The fourth-order valence-electron chi connectivity index (χ4n) is 0.955. The first-order valence-corrected chi connectivity index (χ1v) is 5.74. The van der Waals surface area contributed by atoms with E-state index in [1.807, 2.05) is 18.2 Å². The Labute approximate surface area is 101 Å². The number of halogens is 2. The molecule has 70 valence electrons. The number of hydrogen-bond donors (Lipinski definition) is 1. The number of alkyl halides is 1. The van der Waals surface area contributed by atoms with Crippen molar-refractivity contribution >= 4 is 52.6 Å². The largest absolute Gasteiger partial charge is 0.298 e. The van der Waals surface area contributed by atoms with Crippen LogP contribution in [0.4, 0.5) is 0 Å². The lowest BCUT2D eigenvalue weighted by molar-refractivity contribution is -0.116. The highest BCUT2D eigenvalue weighted by atomic mass is 127. The lowest BCUT2D eigenvalue weighted by Gasteiger charge is -2.03. The van der Waals surface area contributed by atoms with Crippen molar-refractivity contribution in [3.05, 3.63) is 27.3 Å². The molecule has 0 amide bonds. The Balaban J connectivity index is 2.87. The highest BCUT2D eigenvalue weighted by Gasteiger charge is 2.05. The first-order valence-electron chi connectivity index (χ1n) is 3.68. The van der Waals surface area contributed by atoms with E-state index in [-0.39, 0.29) is 11.7 Å². The average Bonchev–Trinajstić information content (AvgIpc) is 2.11. The highest BCUT2D eigenvalue weighted by Crippen LogP contribution is 2.18. The van der Waals surface area contributed by atoms with Crippen LogP contribution < -0.4 is 0 Å². The molecule has 1 aromatic rings. The number of hydrogen-bond acceptors (Lipinski definition) is 2. The molecule has 1 nitrogen and oxygen atoms in total. The lowest BCUT2D eigenvalue weighted by Crippen LogP contribution is -2.04. The number of Topliss-reactive ketones (excluding diaryl/α,β-unsaturated/α-hetero) is 1. The summed E-state index contributed by atoms with van der Waals surface area (Å²) in [4.78, 5) is 11.9. The molecule has 13 heavy (non-hydrogen) atoms. The summed E-state index contributed by atoms with van der Waals surface area (Å²) in [7, 11) is 0. The number of thiol groups is 1. The van der Waals surface area contributed by atoms with E-state index in [1.165, 1.54) is 0 Å². The Morgan fingerprint density at radius 2 is 2.23 bits per heavy atom. The zero-order valence-corrected chi connectivity index (χ0v) is 10.6. The van der Waals surface area contributed by atoms with E-state index >= 15 is 0 Å². The summed E-state index contributed by atoms with van der Waals surface area (Å²) in [5.74, 6) is 0.0950. The third kappa shape index (κ3) is 3.48. The Bertz CT molecular complexity index is 327. The number of benzene rings is 1. The molecule has 0 spiro atoms. The maximum Gasteiger partial charge on any atom is 0.151 e. The summed E-state index contributed by atoms with van der Waals surface area (Å²) in [6.45, 7) is 0. The van der Waals surface area contributed by atoms with Crippen LogP contribution in [-0.4, -0.2) is 11.7 Å². The maximum absolute atomic E-state index is 11.1. The molecule has 0 heterocycles. The van der Waals surface area contributed by atoms with Gasteiger partial charge in [0.2, 0.25) is 0 Å². The van der Waals surface area contributed by atoms with Crippen molar-refractivity contribution in [1.82, 2.24) is 0 Å². The van der Waals surface area contributed by atoms with Crippen molar-refractivity contribution in [3.63, 3.8) is 0 Å². The van der Waals surface area contributed by atoms with Crippen LogP contribution in [0, 0.1) is 3.57 Å². The van der Waals surface area contributed by atoms with Crippen LogP contribution in [-0.2, 0) is 11.2 Å². The zero-order chi connectivity index (χ0) is 9.84. The Kier molecular flexibility index (Phi) is 4.55. The third-order valence-electron chi connectivity index (χ3n) is 1.58. The molecule has 0 saturated heterocycles. The number of carbonyl (C=O) groups is 1. The van der Waals surface area contributed by atoms with Crippen LogP contribution >= 0.6 is 46.8 Å². The SMILES string of the molecule is O=C(CCl)Cc1cc(I)ccc1S. The van der Waals surface area contributed by atoms with Gasteiger partial charge in [-0.1, -0.05) is 0 Å². The molecule has 0 aliphatic heterocycles. The molecule has 0 unspecified atom stereocenters. The van der Waals surface area contributed by atoms with Gasteiger partial charge < -0.3 is 0 Å². The molecule has 0 bridgehead atoms. The molecule has 1 aromatic carbocycles. The summed E-state index contributed by atoms with van der Waals surface area (Å²) in [6, 6.07) is 5.80. The van der Waals surface area contributed by atoms with Gasteiger partial charge in [0.15, 0.2) is 5.78 Å². The van der Waals surface area contributed by atoms with Crippen LogP contribution in [0.5, 0.6) is 0 Å². The smallest absolute Gasteiger partial charge is 0.151 e. The molecule has 0 N–H and O–H groups in total. The van der Waals surface area contributed by atoms with Gasteiger partial charge in [0.25, 0.3) is 0 Å². The number of carbonyl (C=O) groups excluding carboxylic acids is 1. The molecule has 0 atom stereocenters. The predicted octanol–water partition coefficient (Wildman–Crippen LogP) is 2.93. The van der Waals surface area contributed by atoms with Gasteiger partial charge in [-0.15, -0.1) is 24.2 Å². The van der Waals surface area contributed by atoms with Gasteiger partial charge in [-0.3, -0.25) is 4.79 Å². The second-order valence-corrected chi connectivity index (χ2v) is 4.62. The van der Waals surface area contributed by atoms with E-state index in [0.717, 1.165) is 14.0 Å². The first kappa shape index (κ1) is 11.3. The van der Waals surface area contributed by atoms with Crippen molar-refractivity contribution in [2.24, 2.45) is 0 Å². The lowest BCUT2D eigenvalue weighted by atomic mass is 10.1. The Morgan fingerprint density at radius 1 is 1.54 bits per heavy atom. The Hall–Kier alpha value is 0.260. The first-order chi connectivity index (χ1) is 6.13. The minimum Gasteiger partial charge on any atom is -0.298 e. The van der Waals surface area contributed by atoms with E-state index in [1.54, 1.807) is 0 Å². The molecule has 0 radical (unpaired) electrons. The van der Waals surface area contributed by atoms with E-state index in [9.17, 15) is 4.79 Å². The summed E-state index contributed by atoms with van der Waals surface area (Å²) in [5.41, 5.74) is 0.945. The van der Waals surface area contributed by atoms with Gasteiger partial charge in [-0.05, 0) is 46.4 Å². The molecule has 0 aliphatic rings. The third-order valence-corrected chi connectivity index (χ3v) is 2.98. The standard InChI is InChI=1S/C9H8ClIOS/c10-5-8(12)4-6-3-7(11)1-2-9(6)13/h1-3,13H,4-5H2. The summed E-state index contributed by atoms with van der Waals surface area (Å²) in [6.07, 6.45) is 0.374. The van der Waals surface area contributed by atoms with Gasteiger partial charge in [0.1, 0.15) is 0 Å². The van der Waals surface area contributed by atoms with Gasteiger partial charge in [-0.2, -0.15) is 0 Å². The Morgan fingerprint density at radius 3 is 2.85 bits per heavy atom. The van der Waals surface area contributed by atoms with E-state index in [2.05, 4.69) is 35.2 Å². The predicted molar refractivity (Wildman–Crippen MR) is 65.8 cm³/mol. The van der Waals surface area contributed by atoms with E-state index < -0.39 is 0 Å². The minimum absolute atomic E-state index is 0.0268. The fraction of sp³-hybridized carbons (Fsp3) is 0.222. The highest BCUT2D eigenvalue weighted by molar-refractivity contribution is 14.1. The van der Waals surface area contributed by atoms with Gasteiger partial charge >= 0.3 is 0 Å². The molecular formula is C9H8ClIOS. The zero-order valence-electron chi connectivity index (χ0n) is 6.76. The van der Waals surface area contributed by atoms with Crippen molar-refractivity contribution in [3.8, 4) is 0 Å². The quantitative estimate of drug-likeness (QED) is 0.513. The van der Waals surface area contributed by atoms with Crippen molar-refractivity contribution < 1.29 is 4.79 Å². The van der Waals surface area contributed by atoms with E-state index in [4.69, 9.17) is 11.6 Å². The molecule has 0 aliphatic carbocycles. The normalized spacial score (nSPS) is 10.1. The number of rotatable bonds is 3. The molecular weight excluding hydrogens is 319 g/mol. The van der Waals surface area contributed by atoms with Crippen LogP contribution in [0.3, 0.4) is 0 Å². The monoisotopic (exact) mass is 326 g/mol. The summed E-state index contributed by atoms with van der Waals surface area (Å²) >= 11 is 11.9. The van der Waals surface area contributed by atoms with Crippen LogP contribution in [0.1, 0.15) is 5.56 Å². The van der Waals surface area contributed by atoms with Gasteiger partial charge in [0.05, 0.1) is 5.88 Å². The molecule has 1 rings (SSSR count). The fourth-order valence-corrected chi connectivity index (χ4v) is 1.82. The van der Waals surface area contributed by atoms with Crippen LogP contribution in [0.15, 0.2) is 23.1 Å².